The topological polar surface area (TPSA) is 72.9 Å². The summed E-state index contributed by atoms with van der Waals surface area (Å²) in [5, 5.41) is 0. The predicted octanol–water partition coefficient (Wildman–Crippen LogP) is 5.32. The largest absolute Gasteiger partial charge is 0.462 e. The first-order valence-electron chi connectivity index (χ1n) is 9.97. The Kier molecular flexibility index (Phi) is 7.17. The van der Waals surface area contributed by atoms with E-state index in [0.717, 1.165) is 23.3 Å². The molecule has 0 atom stereocenters. The maximum absolute atomic E-state index is 12.0. The third kappa shape index (κ3) is 5.17. The molecule has 0 saturated heterocycles. The van der Waals surface area contributed by atoms with E-state index < -0.39 is 0 Å². The van der Waals surface area contributed by atoms with Crippen LogP contribution in [0.4, 0.5) is 17.1 Å². The summed E-state index contributed by atoms with van der Waals surface area (Å²) < 4.78 is 10.1. The lowest BCUT2D eigenvalue weighted by atomic mass is 10.1. The monoisotopic (exact) mass is 417 g/mol. The van der Waals surface area contributed by atoms with Crippen LogP contribution in [0.25, 0.3) is 0 Å². The highest BCUT2D eigenvalue weighted by molar-refractivity contribution is 5.91. The van der Waals surface area contributed by atoms with Crippen LogP contribution in [0, 0.1) is 0 Å². The van der Waals surface area contributed by atoms with Gasteiger partial charge in [-0.2, -0.15) is 0 Å². The van der Waals surface area contributed by atoms with Gasteiger partial charge in [0.1, 0.15) is 6.29 Å². The summed E-state index contributed by atoms with van der Waals surface area (Å²) in [6.07, 6.45) is 0.788. The van der Waals surface area contributed by atoms with Gasteiger partial charge in [0, 0.05) is 22.6 Å². The third-order valence-electron chi connectivity index (χ3n) is 4.56. The summed E-state index contributed by atoms with van der Waals surface area (Å²) in [6.45, 7) is 4.14. The van der Waals surface area contributed by atoms with Crippen molar-refractivity contribution < 1.29 is 23.9 Å². The Morgan fingerprint density at radius 3 is 1.35 bits per heavy atom. The Hall–Kier alpha value is -3.93. The zero-order valence-corrected chi connectivity index (χ0v) is 17.4. The molecule has 6 nitrogen and oxygen atoms in total. The third-order valence-corrected chi connectivity index (χ3v) is 4.56. The Morgan fingerprint density at radius 2 is 1.03 bits per heavy atom. The number of nitrogens with zero attached hydrogens (tertiary/aromatic N) is 1. The molecule has 31 heavy (non-hydrogen) atoms. The van der Waals surface area contributed by atoms with Crippen LogP contribution in [0.15, 0.2) is 72.8 Å². The van der Waals surface area contributed by atoms with Gasteiger partial charge < -0.3 is 14.4 Å². The van der Waals surface area contributed by atoms with E-state index in [2.05, 4.69) is 0 Å². The van der Waals surface area contributed by atoms with Crippen LogP contribution < -0.4 is 4.90 Å². The number of carbonyl (C=O) groups excluding carboxylic acids is 3. The smallest absolute Gasteiger partial charge is 0.338 e. The lowest BCUT2D eigenvalue weighted by Crippen LogP contribution is -2.11. The molecule has 0 heterocycles. The molecule has 0 saturated carbocycles. The zero-order chi connectivity index (χ0) is 22.2. The number of benzene rings is 3. The second-order valence-corrected chi connectivity index (χ2v) is 6.58. The van der Waals surface area contributed by atoms with Gasteiger partial charge in [0.15, 0.2) is 0 Å². The number of hydrogen-bond acceptors (Lipinski definition) is 6. The molecule has 0 aliphatic carbocycles. The minimum atomic E-state index is -0.380. The average Bonchev–Trinajstić information content (AvgIpc) is 2.81. The van der Waals surface area contributed by atoms with Gasteiger partial charge in [-0.1, -0.05) is 0 Å². The van der Waals surface area contributed by atoms with E-state index in [9.17, 15) is 14.4 Å². The van der Waals surface area contributed by atoms with E-state index in [1.165, 1.54) is 0 Å². The molecule has 0 N–H and O–H groups in total. The van der Waals surface area contributed by atoms with Crippen molar-refractivity contribution in [3.8, 4) is 0 Å². The Labute approximate surface area is 181 Å². The minimum Gasteiger partial charge on any atom is -0.462 e. The van der Waals surface area contributed by atoms with Crippen molar-refractivity contribution in [3.63, 3.8) is 0 Å². The minimum absolute atomic E-state index is 0.308. The van der Waals surface area contributed by atoms with E-state index >= 15 is 0 Å². The van der Waals surface area contributed by atoms with Crippen LogP contribution >= 0.6 is 0 Å². The van der Waals surface area contributed by atoms with Crippen molar-refractivity contribution in [2.24, 2.45) is 0 Å². The highest BCUT2D eigenvalue weighted by atomic mass is 16.5. The molecule has 6 heteroatoms. The summed E-state index contributed by atoms with van der Waals surface area (Å²) >= 11 is 0. The molecule has 0 radical (unpaired) electrons. The second-order valence-electron chi connectivity index (χ2n) is 6.58. The summed E-state index contributed by atoms with van der Waals surface area (Å²) in [5.74, 6) is -0.760. The average molecular weight is 417 g/mol. The Bertz CT molecular complexity index is 979. The number of rotatable bonds is 8. The van der Waals surface area contributed by atoms with Crippen molar-refractivity contribution in [3.05, 3.63) is 89.5 Å². The maximum Gasteiger partial charge on any atom is 0.338 e. The molecule has 158 valence electrons. The summed E-state index contributed by atoms with van der Waals surface area (Å²) in [4.78, 5) is 36.9. The zero-order valence-electron chi connectivity index (χ0n) is 17.4. The van der Waals surface area contributed by atoms with Gasteiger partial charge >= 0.3 is 11.9 Å². The SMILES string of the molecule is CCOC(=O)c1ccc(N(c2ccc(C=O)cc2)c2ccc(C(=O)OCC)cc2)cc1. The number of esters is 2. The molecule has 0 unspecified atom stereocenters. The standard InChI is InChI=1S/C25H23NO5/c1-3-30-24(28)19-7-13-22(14-8-19)26(21-11-5-18(17-27)6-12-21)23-15-9-20(10-16-23)25(29)31-4-2/h5-17H,3-4H2,1-2H3. The van der Waals surface area contributed by atoms with E-state index in [1.807, 2.05) is 41.3 Å². The lowest BCUT2D eigenvalue weighted by molar-refractivity contribution is 0.0517. The molecule has 0 fully saturated rings. The fourth-order valence-corrected chi connectivity index (χ4v) is 3.07. The molecule has 0 aromatic heterocycles. The molecule has 0 aliphatic heterocycles. The van der Waals surface area contributed by atoms with Crippen LogP contribution in [0.2, 0.25) is 0 Å². The molecular formula is C25H23NO5. The maximum atomic E-state index is 12.0. The first-order valence-corrected chi connectivity index (χ1v) is 9.97. The van der Waals surface area contributed by atoms with Crippen molar-refractivity contribution in [1.82, 2.24) is 0 Å². The number of ether oxygens (including phenoxy) is 2. The number of carbonyl (C=O) groups is 3. The molecule has 0 spiro atoms. The summed E-state index contributed by atoms with van der Waals surface area (Å²) in [5.41, 5.74) is 3.91. The highest BCUT2D eigenvalue weighted by Gasteiger charge is 2.15. The van der Waals surface area contributed by atoms with Gasteiger partial charge in [0.25, 0.3) is 0 Å². The first kappa shape index (κ1) is 21.8. The van der Waals surface area contributed by atoms with E-state index in [0.29, 0.717) is 29.9 Å². The predicted molar refractivity (Wildman–Crippen MR) is 118 cm³/mol. The van der Waals surface area contributed by atoms with Crippen LogP contribution in [-0.4, -0.2) is 31.4 Å². The van der Waals surface area contributed by atoms with Crippen LogP contribution in [-0.2, 0) is 9.47 Å². The summed E-state index contributed by atoms with van der Waals surface area (Å²) in [7, 11) is 0. The van der Waals surface area contributed by atoms with Crippen molar-refractivity contribution in [2.75, 3.05) is 18.1 Å². The highest BCUT2D eigenvalue weighted by Crippen LogP contribution is 2.34. The molecule has 0 aliphatic rings. The molecule has 3 aromatic rings. The van der Waals surface area contributed by atoms with Gasteiger partial charge in [-0.15, -0.1) is 0 Å². The van der Waals surface area contributed by atoms with Gasteiger partial charge in [0.05, 0.1) is 24.3 Å². The first-order chi connectivity index (χ1) is 15.1. The van der Waals surface area contributed by atoms with Crippen LogP contribution in [0.3, 0.4) is 0 Å². The fourth-order valence-electron chi connectivity index (χ4n) is 3.07. The van der Waals surface area contributed by atoms with Crippen molar-refractivity contribution in [1.29, 1.82) is 0 Å². The Balaban J connectivity index is 2.00. The molecule has 3 aromatic carbocycles. The fraction of sp³-hybridized carbons (Fsp3) is 0.160. The summed E-state index contributed by atoms with van der Waals surface area (Å²) in [6, 6.07) is 21.2. The molecule has 3 rings (SSSR count). The number of aldehydes is 1. The number of anilines is 3. The number of hydrogen-bond donors (Lipinski definition) is 0. The van der Waals surface area contributed by atoms with E-state index in [1.54, 1.807) is 50.2 Å². The van der Waals surface area contributed by atoms with Gasteiger partial charge in [0.2, 0.25) is 0 Å². The van der Waals surface area contributed by atoms with Gasteiger partial charge in [-0.25, -0.2) is 9.59 Å². The van der Waals surface area contributed by atoms with Crippen LogP contribution in [0.1, 0.15) is 44.9 Å². The normalized spacial score (nSPS) is 10.3. The molecule has 0 amide bonds. The molecule has 0 bridgehead atoms. The van der Waals surface area contributed by atoms with Crippen LogP contribution in [0.5, 0.6) is 0 Å². The molecular weight excluding hydrogens is 394 g/mol. The second kappa shape index (κ2) is 10.2. The van der Waals surface area contributed by atoms with Gasteiger partial charge in [-0.3, -0.25) is 4.79 Å². The van der Waals surface area contributed by atoms with E-state index in [-0.39, 0.29) is 11.9 Å². The lowest BCUT2D eigenvalue weighted by Gasteiger charge is -2.25. The van der Waals surface area contributed by atoms with Crippen molar-refractivity contribution >= 4 is 35.3 Å². The van der Waals surface area contributed by atoms with Crippen molar-refractivity contribution in [2.45, 2.75) is 13.8 Å². The van der Waals surface area contributed by atoms with Gasteiger partial charge in [-0.05, 0) is 86.6 Å². The van der Waals surface area contributed by atoms with E-state index in [4.69, 9.17) is 9.47 Å². The Morgan fingerprint density at radius 1 is 0.677 bits per heavy atom. The quantitative estimate of drug-likeness (QED) is 0.365.